The lowest BCUT2D eigenvalue weighted by Crippen LogP contribution is -2.37. The molecular weight excluding hydrogens is 236 g/mol. The standard InChI is InChI=1S/C11H16N4O3/c1-14(8-4-2-3-5-8)10(16)7-15-6-9(11(17)18)12-13-15/h6,8H,2-5,7H2,1H3,(H,17,18). The number of aromatic nitrogens is 3. The van der Waals surface area contributed by atoms with E-state index in [2.05, 4.69) is 10.3 Å². The van der Waals surface area contributed by atoms with Gasteiger partial charge in [0.15, 0.2) is 5.69 Å². The molecule has 1 aliphatic rings. The highest BCUT2D eigenvalue weighted by atomic mass is 16.4. The van der Waals surface area contributed by atoms with Crippen molar-refractivity contribution in [3.8, 4) is 0 Å². The topological polar surface area (TPSA) is 88.3 Å². The molecule has 0 aliphatic heterocycles. The minimum atomic E-state index is -1.14. The van der Waals surface area contributed by atoms with Gasteiger partial charge in [-0.1, -0.05) is 18.1 Å². The van der Waals surface area contributed by atoms with Gasteiger partial charge in [-0.15, -0.1) is 5.10 Å². The van der Waals surface area contributed by atoms with Gasteiger partial charge < -0.3 is 10.0 Å². The summed E-state index contributed by atoms with van der Waals surface area (Å²) >= 11 is 0. The average Bonchev–Trinajstić information content (AvgIpc) is 2.98. The van der Waals surface area contributed by atoms with Gasteiger partial charge >= 0.3 is 5.97 Å². The quantitative estimate of drug-likeness (QED) is 0.836. The molecule has 1 aliphatic carbocycles. The number of carboxylic acids is 1. The normalized spacial score (nSPS) is 15.8. The van der Waals surface area contributed by atoms with E-state index in [0.717, 1.165) is 25.7 Å². The summed E-state index contributed by atoms with van der Waals surface area (Å²) in [5.41, 5.74) is -0.147. The van der Waals surface area contributed by atoms with Gasteiger partial charge in [-0.05, 0) is 12.8 Å². The molecule has 7 nitrogen and oxygen atoms in total. The van der Waals surface area contributed by atoms with Gasteiger partial charge in [0, 0.05) is 13.1 Å². The van der Waals surface area contributed by atoms with Gasteiger partial charge in [0.25, 0.3) is 0 Å². The SMILES string of the molecule is CN(C(=O)Cn1cc(C(=O)O)nn1)C1CCCC1. The van der Waals surface area contributed by atoms with Crippen LogP contribution in [0.4, 0.5) is 0 Å². The lowest BCUT2D eigenvalue weighted by Gasteiger charge is -2.24. The number of likely N-dealkylation sites (N-methyl/N-ethyl adjacent to an activating group) is 1. The lowest BCUT2D eigenvalue weighted by molar-refractivity contribution is -0.132. The summed E-state index contributed by atoms with van der Waals surface area (Å²) in [6, 6.07) is 0.306. The number of aromatic carboxylic acids is 1. The maximum Gasteiger partial charge on any atom is 0.358 e. The maximum absolute atomic E-state index is 12.0. The number of hydrogen-bond donors (Lipinski definition) is 1. The first-order valence-corrected chi connectivity index (χ1v) is 5.97. The molecule has 18 heavy (non-hydrogen) atoms. The Kier molecular flexibility index (Phi) is 3.59. The molecule has 2 rings (SSSR count). The molecule has 1 amide bonds. The minimum absolute atomic E-state index is 0.0350. The number of carboxylic acid groups (broad SMARTS) is 1. The Bertz CT molecular complexity index is 451. The van der Waals surface area contributed by atoms with Crippen molar-refractivity contribution in [3.05, 3.63) is 11.9 Å². The van der Waals surface area contributed by atoms with Crippen molar-refractivity contribution in [1.82, 2.24) is 19.9 Å². The summed E-state index contributed by atoms with van der Waals surface area (Å²) in [5.74, 6) is -1.21. The Morgan fingerprint density at radius 3 is 2.72 bits per heavy atom. The van der Waals surface area contributed by atoms with Crippen LogP contribution in [0, 0.1) is 0 Å². The molecule has 0 saturated heterocycles. The van der Waals surface area contributed by atoms with Crippen LogP contribution in [-0.2, 0) is 11.3 Å². The van der Waals surface area contributed by atoms with E-state index in [1.165, 1.54) is 10.9 Å². The molecule has 1 saturated carbocycles. The summed E-state index contributed by atoms with van der Waals surface area (Å²) in [6.07, 6.45) is 5.67. The third-order valence-electron chi connectivity index (χ3n) is 3.32. The zero-order valence-corrected chi connectivity index (χ0v) is 10.2. The second-order valence-corrected chi connectivity index (χ2v) is 4.55. The average molecular weight is 252 g/mol. The molecule has 0 aromatic carbocycles. The predicted octanol–water partition coefficient (Wildman–Crippen LogP) is 0.377. The predicted molar refractivity (Wildman–Crippen MR) is 62.0 cm³/mol. The molecule has 0 spiro atoms. The fourth-order valence-corrected chi connectivity index (χ4v) is 2.22. The van der Waals surface area contributed by atoms with Crippen LogP contribution in [0.1, 0.15) is 36.2 Å². The number of amides is 1. The number of carbonyl (C=O) groups is 2. The fraction of sp³-hybridized carbons (Fsp3) is 0.636. The van der Waals surface area contributed by atoms with E-state index in [4.69, 9.17) is 5.11 Å². The van der Waals surface area contributed by atoms with Crippen molar-refractivity contribution >= 4 is 11.9 Å². The van der Waals surface area contributed by atoms with Crippen molar-refractivity contribution in [1.29, 1.82) is 0 Å². The first-order chi connectivity index (χ1) is 8.58. The zero-order chi connectivity index (χ0) is 13.1. The van der Waals surface area contributed by atoms with Crippen molar-refractivity contribution < 1.29 is 14.7 Å². The molecule has 0 radical (unpaired) electrons. The van der Waals surface area contributed by atoms with Crippen LogP contribution >= 0.6 is 0 Å². The summed E-state index contributed by atoms with van der Waals surface area (Å²) in [7, 11) is 1.79. The van der Waals surface area contributed by atoms with Crippen LogP contribution in [-0.4, -0.2) is 50.0 Å². The van der Waals surface area contributed by atoms with E-state index < -0.39 is 5.97 Å². The third-order valence-corrected chi connectivity index (χ3v) is 3.32. The Balaban J connectivity index is 1.95. The van der Waals surface area contributed by atoms with Crippen LogP contribution in [0.15, 0.2) is 6.20 Å². The summed E-state index contributed by atoms with van der Waals surface area (Å²) in [4.78, 5) is 24.3. The molecule has 1 fully saturated rings. The monoisotopic (exact) mass is 252 g/mol. The van der Waals surface area contributed by atoms with E-state index in [1.807, 2.05) is 0 Å². The van der Waals surface area contributed by atoms with Gasteiger partial charge in [0.05, 0.1) is 6.20 Å². The number of carbonyl (C=O) groups excluding carboxylic acids is 1. The third kappa shape index (κ3) is 2.66. The van der Waals surface area contributed by atoms with Gasteiger partial charge in [0.2, 0.25) is 5.91 Å². The van der Waals surface area contributed by atoms with E-state index in [-0.39, 0.29) is 18.1 Å². The van der Waals surface area contributed by atoms with Crippen LogP contribution in [0.3, 0.4) is 0 Å². The molecule has 0 atom stereocenters. The van der Waals surface area contributed by atoms with Crippen LogP contribution in [0.2, 0.25) is 0 Å². The molecule has 98 valence electrons. The summed E-state index contributed by atoms with van der Waals surface area (Å²) in [6.45, 7) is 0.0350. The molecule has 1 aromatic rings. The molecule has 7 heteroatoms. The highest BCUT2D eigenvalue weighted by molar-refractivity contribution is 5.84. The van der Waals surface area contributed by atoms with Gasteiger partial charge in [-0.25, -0.2) is 9.48 Å². The van der Waals surface area contributed by atoms with Crippen LogP contribution < -0.4 is 0 Å². The van der Waals surface area contributed by atoms with Gasteiger partial charge in [-0.3, -0.25) is 4.79 Å². The largest absolute Gasteiger partial charge is 0.476 e. The van der Waals surface area contributed by atoms with Crippen molar-refractivity contribution in [2.24, 2.45) is 0 Å². The molecule has 0 unspecified atom stereocenters. The Morgan fingerprint density at radius 1 is 1.50 bits per heavy atom. The van der Waals surface area contributed by atoms with E-state index >= 15 is 0 Å². The maximum atomic E-state index is 12.0. The van der Waals surface area contributed by atoms with Crippen LogP contribution in [0.5, 0.6) is 0 Å². The highest BCUT2D eigenvalue weighted by Crippen LogP contribution is 2.22. The molecule has 1 aromatic heterocycles. The number of rotatable bonds is 4. The van der Waals surface area contributed by atoms with Gasteiger partial charge in [0.1, 0.15) is 6.54 Å². The van der Waals surface area contributed by atoms with Crippen molar-refractivity contribution in [2.75, 3.05) is 7.05 Å². The first kappa shape index (κ1) is 12.5. The van der Waals surface area contributed by atoms with Crippen molar-refractivity contribution in [3.63, 3.8) is 0 Å². The first-order valence-electron chi connectivity index (χ1n) is 5.97. The van der Waals surface area contributed by atoms with Gasteiger partial charge in [-0.2, -0.15) is 0 Å². The van der Waals surface area contributed by atoms with Crippen LogP contribution in [0.25, 0.3) is 0 Å². The number of hydrogen-bond acceptors (Lipinski definition) is 4. The number of nitrogens with zero attached hydrogens (tertiary/aromatic N) is 4. The molecular formula is C11H16N4O3. The Hall–Kier alpha value is -1.92. The summed E-state index contributed by atoms with van der Waals surface area (Å²) in [5, 5.41) is 15.8. The molecule has 0 bridgehead atoms. The second-order valence-electron chi connectivity index (χ2n) is 4.55. The molecule has 1 N–H and O–H groups in total. The minimum Gasteiger partial charge on any atom is -0.476 e. The Labute approximate surface area is 104 Å². The van der Waals surface area contributed by atoms with Crippen molar-refractivity contribution in [2.45, 2.75) is 38.3 Å². The molecule has 1 heterocycles. The fourth-order valence-electron chi connectivity index (χ4n) is 2.22. The van der Waals surface area contributed by atoms with E-state index in [9.17, 15) is 9.59 Å². The zero-order valence-electron chi connectivity index (χ0n) is 10.2. The van der Waals surface area contributed by atoms with E-state index in [0.29, 0.717) is 6.04 Å². The highest BCUT2D eigenvalue weighted by Gasteiger charge is 2.23. The Morgan fingerprint density at radius 2 is 2.17 bits per heavy atom. The smallest absolute Gasteiger partial charge is 0.358 e. The van der Waals surface area contributed by atoms with E-state index in [1.54, 1.807) is 11.9 Å². The lowest BCUT2D eigenvalue weighted by atomic mass is 10.2. The second kappa shape index (κ2) is 5.16. The summed E-state index contributed by atoms with van der Waals surface area (Å²) < 4.78 is 1.26.